The van der Waals surface area contributed by atoms with Crippen molar-refractivity contribution in [1.29, 1.82) is 0 Å². The van der Waals surface area contributed by atoms with Crippen LogP contribution >= 0.6 is 0 Å². The maximum absolute atomic E-state index is 5.07. The number of aliphatic imine (C=N–C) groups is 2. The van der Waals surface area contributed by atoms with Crippen LogP contribution in [0.3, 0.4) is 0 Å². The number of nitrogens with zero attached hydrogens (tertiary/aromatic N) is 2. The molecule has 0 saturated carbocycles. The van der Waals surface area contributed by atoms with E-state index in [1.807, 2.05) is 6.92 Å². The molecule has 1 radical (unpaired) electrons. The van der Waals surface area contributed by atoms with E-state index in [9.17, 15) is 0 Å². The van der Waals surface area contributed by atoms with Gasteiger partial charge in [0.1, 0.15) is 0 Å². The van der Waals surface area contributed by atoms with Crippen molar-refractivity contribution in [2.24, 2.45) is 26.2 Å². The number of allylic oxidation sites excluding steroid dienone is 17. The van der Waals surface area contributed by atoms with Gasteiger partial charge in [0.15, 0.2) is 0 Å². The number of rotatable bonds is 8. The summed E-state index contributed by atoms with van der Waals surface area (Å²) in [6.45, 7) is 28.9. The van der Waals surface area contributed by atoms with Crippen LogP contribution in [0.2, 0.25) is 0 Å². The van der Waals surface area contributed by atoms with Crippen LogP contribution < -0.4 is 0 Å². The second-order valence-electron chi connectivity index (χ2n) is 15.4. The second kappa shape index (κ2) is 19.1. The fraction of sp³-hybridized carbons (Fsp3) is 0.512. The standard InChI is InChI=1S/C20H24N.C18H28N.C5H6.Ru.Y/c1-15-8-13-19(21-15)20(2,3)14-16-9-11-18(12-10-16)17-6-4-5-7-17;1-16(2,12-14-10-8-7-9-11-14)15-13-17(3,4)18(5,6)19-15;1-3-5-4-2;;/h4,6-7,9,12H,5,10-11,13-14H2,1-3H3;8,11H,9-10,12-13H2,1-6H3;1,3-5H,2H2;;/q2*-1;-2;+1;+3. The molecule has 0 aromatic rings. The normalized spacial score (nSPS) is 20.8. The summed E-state index contributed by atoms with van der Waals surface area (Å²) in [5, 5.41) is 0. The zero-order valence-electron chi connectivity index (χ0n) is 30.7. The van der Waals surface area contributed by atoms with Crippen LogP contribution in [0, 0.1) is 41.9 Å². The van der Waals surface area contributed by atoms with Gasteiger partial charge in [-0.25, -0.2) is 25.2 Å². The summed E-state index contributed by atoms with van der Waals surface area (Å²) >= 11 is 0. The fourth-order valence-corrected chi connectivity index (χ4v) is 6.32. The third-order valence-electron chi connectivity index (χ3n) is 10.0. The SMILES string of the molecule is CC(C)(CC1=CC[C-]=CC1)C1=NC(C)(C)C(C)(C)C1.CC1=[C-]CC(C(C)(C)CC2=CCC(C3=CCC=C3)=CC2)=N1.[CH-]=CC=C[CH2-].[Ru+].[Y+3]. The average Bonchev–Trinajstić information content (AvgIpc) is 3.71. The van der Waals surface area contributed by atoms with Crippen molar-refractivity contribution in [3.05, 3.63) is 114 Å². The van der Waals surface area contributed by atoms with Crippen LogP contribution in [0.1, 0.15) is 120 Å². The van der Waals surface area contributed by atoms with E-state index in [2.05, 4.69) is 122 Å². The summed E-state index contributed by atoms with van der Waals surface area (Å²) < 4.78 is 0. The van der Waals surface area contributed by atoms with E-state index in [-0.39, 0.29) is 74.0 Å². The molecule has 0 amide bonds. The molecule has 0 bridgehead atoms. The van der Waals surface area contributed by atoms with Gasteiger partial charge in [-0.3, -0.25) is 17.6 Å². The summed E-state index contributed by atoms with van der Waals surface area (Å²) in [6, 6.07) is 0. The van der Waals surface area contributed by atoms with E-state index >= 15 is 0 Å². The Morgan fingerprint density at radius 1 is 0.936 bits per heavy atom. The van der Waals surface area contributed by atoms with Gasteiger partial charge in [0.25, 0.3) is 0 Å². The monoisotopic (exact) mass is 793 g/mol. The summed E-state index contributed by atoms with van der Waals surface area (Å²) in [5.74, 6) is 0. The predicted octanol–water partition coefficient (Wildman–Crippen LogP) is 12.0. The largest absolute Gasteiger partial charge is 3.00 e. The molecule has 4 heteroatoms. The molecule has 5 aliphatic rings. The Bertz CT molecular complexity index is 1400. The van der Waals surface area contributed by atoms with Gasteiger partial charge in [-0.05, 0) is 81.1 Å². The molecule has 47 heavy (non-hydrogen) atoms. The van der Waals surface area contributed by atoms with E-state index in [0.29, 0.717) is 0 Å². The zero-order chi connectivity index (χ0) is 33.3. The Morgan fingerprint density at radius 3 is 2.02 bits per heavy atom. The molecule has 2 nitrogen and oxygen atoms in total. The van der Waals surface area contributed by atoms with E-state index in [0.717, 1.165) is 63.5 Å². The van der Waals surface area contributed by atoms with Crippen LogP contribution in [0.5, 0.6) is 0 Å². The Hall–Kier alpha value is -1.40. The molecular weight excluding hydrogens is 734 g/mol. The molecule has 0 spiro atoms. The zero-order valence-corrected chi connectivity index (χ0v) is 35.3. The topological polar surface area (TPSA) is 24.7 Å². The minimum absolute atomic E-state index is 0. The molecule has 5 rings (SSSR count). The van der Waals surface area contributed by atoms with Gasteiger partial charge in [0.05, 0.1) is 5.54 Å². The number of hydrogen-bond acceptors (Lipinski definition) is 2. The summed E-state index contributed by atoms with van der Waals surface area (Å²) in [5.41, 5.74) is 10.4. The molecule has 2 heterocycles. The smallest absolute Gasteiger partial charge is 0.496 e. The Morgan fingerprint density at radius 2 is 1.60 bits per heavy atom. The first kappa shape index (κ1) is 43.6. The van der Waals surface area contributed by atoms with Crippen LogP contribution in [-0.2, 0) is 52.2 Å². The first-order valence-corrected chi connectivity index (χ1v) is 16.8. The van der Waals surface area contributed by atoms with Crippen molar-refractivity contribution in [2.75, 3.05) is 0 Å². The minimum Gasteiger partial charge on any atom is -0.496 e. The van der Waals surface area contributed by atoms with Crippen LogP contribution in [0.25, 0.3) is 0 Å². The van der Waals surface area contributed by atoms with Gasteiger partial charge in [0, 0.05) is 16.5 Å². The molecule has 0 N–H and O–H groups in total. The van der Waals surface area contributed by atoms with Crippen LogP contribution in [0.4, 0.5) is 0 Å². The van der Waals surface area contributed by atoms with Gasteiger partial charge < -0.3 is 17.1 Å². The van der Waals surface area contributed by atoms with Gasteiger partial charge in [0.2, 0.25) is 0 Å². The second-order valence-corrected chi connectivity index (χ2v) is 15.4. The molecule has 0 unspecified atom stereocenters. The van der Waals surface area contributed by atoms with Gasteiger partial charge in [-0.1, -0.05) is 90.0 Å². The van der Waals surface area contributed by atoms with E-state index in [4.69, 9.17) is 11.6 Å². The third kappa shape index (κ3) is 12.8. The summed E-state index contributed by atoms with van der Waals surface area (Å²) in [7, 11) is 0. The average molecular weight is 793 g/mol. The quantitative estimate of drug-likeness (QED) is 0.101. The van der Waals surface area contributed by atoms with Gasteiger partial charge in [-0.2, -0.15) is 6.42 Å². The molecule has 0 atom stereocenters. The molecule has 0 aromatic carbocycles. The van der Waals surface area contributed by atoms with Crippen molar-refractivity contribution < 1.29 is 52.2 Å². The molecule has 0 aromatic heterocycles. The van der Waals surface area contributed by atoms with Crippen LogP contribution in [0.15, 0.2) is 98.7 Å². The van der Waals surface area contributed by atoms with E-state index in [1.54, 1.807) is 23.3 Å². The molecule has 3 aliphatic carbocycles. The molecular formula is C43H58N2RuY. The maximum atomic E-state index is 5.07. The van der Waals surface area contributed by atoms with Crippen molar-refractivity contribution in [1.82, 2.24) is 0 Å². The third-order valence-corrected chi connectivity index (χ3v) is 10.0. The first-order chi connectivity index (χ1) is 21.1. The van der Waals surface area contributed by atoms with Crippen molar-refractivity contribution in [3.8, 4) is 0 Å². The van der Waals surface area contributed by atoms with Gasteiger partial charge in [-0.15, -0.1) is 18.2 Å². The minimum atomic E-state index is 0. The van der Waals surface area contributed by atoms with Crippen molar-refractivity contribution in [3.63, 3.8) is 0 Å². The molecule has 251 valence electrons. The van der Waals surface area contributed by atoms with Crippen LogP contribution in [-0.4, -0.2) is 17.0 Å². The van der Waals surface area contributed by atoms with Crippen molar-refractivity contribution in [2.45, 2.75) is 126 Å². The first-order valence-electron chi connectivity index (χ1n) is 16.8. The Labute approximate surface area is 327 Å². The van der Waals surface area contributed by atoms with Gasteiger partial charge >= 0.3 is 52.2 Å². The summed E-state index contributed by atoms with van der Waals surface area (Å²) in [4.78, 5) is 9.74. The predicted molar refractivity (Wildman–Crippen MR) is 197 cm³/mol. The molecule has 2 aliphatic heterocycles. The Balaban J connectivity index is 0.000000398. The van der Waals surface area contributed by atoms with E-state index < -0.39 is 0 Å². The van der Waals surface area contributed by atoms with E-state index in [1.165, 1.54) is 28.6 Å². The molecule has 0 fully saturated rings. The van der Waals surface area contributed by atoms with Crippen molar-refractivity contribution >= 4 is 11.4 Å². The Kier molecular flexibility index (Phi) is 17.7. The fourth-order valence-electron chi connectivity index (χ4n) is 6.32. The summed E-state index contributed by atoms with van der Waals surface area (Å²) in [6.07, 6.45) is 37.1. The number of hydrogen-bond donors (Lipinski definition) is 0. The maximum Gasteiger partial charge on any atom is 3.00 e. The molecule has 0 saturated heterocycles.